The largest absolute Gasteiger partial charge is 0.469 e. The molecule has 4 fully saturated rings. The van der Waals surface area contributed by atoms with E-state index in [1.165, 1.54) is 19.3 Å². The molecule has 3 heterocycles. The zero-order valence-corrected chi connectivity index (χ0v) is 18.1. The van der Waals surface area contributed by atoms with E-state index in [0.717, 1.165) is 44.6 Å². The van der Waals surface area contributed by atoms with Gasteiger partial charge in [0.15, 0.2) is 0 Å². The second-order valence-electron chi connectivity index (χ2n) is 10.5. The minimum absolute atomic E-state index is 0.00154. The molecule has 0 radical (unpaired) electrons. The van der Waals surface area contributed by atoms with Crippen molar-refractivity contribution in [1.82, 2.24) is 4.90 Å². The van der Waals surface area contributed by atoms with Crippen molar-refractivity contribution in [3.05, 3.63) is 24.2 Å². The number of carbonyl (C=O) groups excluding carboxylic acids is 1. The van der Waals surface area contributed by atoms with Crippen LogP contribution in [0.25, 0.3) is 0 Å². The van der Waals surface area contributed by atoms with Crippen molar-refractivity contribution < 1.29 is 18.7 Å². The fraction of sp³-hybridized carbons (Fsp3) is 0.792. The van der Waals surface area contributed by atoms with Gasteiger partial charge in [0.25, 0.3) is 0 Å². The van der Waals surface area contributed by atoms with E-state index in [0.29, 0.717) is 17.9 Å². The van der Waals surface area contributed by atoms with Crippen LogP contribution in [0.5, 0.6) is 0 Å². The number of carbonyl (C=O) groups is 1. The van der Waals surface area contributed by atoms with Gasteiger partial charge < -0.3 is 18.8 Å². The lowest BCUT2D eigenvalue weighted by Gasteiger charge is -2.51. The lowest BCUT2D eigenvalue weighted by Crippen LogP contribution is -2.51. The van der Waals surface area contributed by atoms with E-state index in [9.17, 15) is 4.79 Å². The molecule has 2 saturated carbocycles. The SMILES string of the molecule is C[C@H](CCc1ccco1)N(C)C[C@@H]1C(=O)O[C@@H]2C[C@@]3(C)CCC[C@]4(CO4)[C@H]3C[C@H]12. The van der Waals surface area contributed by atoms with E-state index in [-0.39, 0.29) is 29.0 Å². The standard InChI is InChI=1S/C24H35NO4/c1-16(7-8-17-6-4-11-27-17)25(3)14-19-18-12-21-23(2,13-20(18)29-22(19)26)9-5-10-24(21)15-28-24/h4,6,11,16,18-21H,5,7-10,12-15H2,1-3H3/t16-,18-,19+,20-,21+,23-,24+/m1/s1. The molecule has 5 rings (SSSR count). The van der Waals surface area contributed by atoms with Crippen molar-refractivity contribution in [1.29, 1.82) is 0 Å². The van der Waals surface area contributed by atoms with Gasteiger partial charge in [-0.2, -0.15) is 0 Å². The third kappa shape index (κ3) is 3.44. The van der Waals surface area contributed by atoms with E-state index in [4.69, 9.17) is 13.9 Å². The number of fused-ring (bicyclic) bond motifs is 3. The van der Waals surface area contributed by atoms with E-state index in [1.54, 1.807) is 6.26 Å². The zero-order valence-electron chi connectivity index (χ0n) is 18.1. The lowest BCUT2D eigenvalue weighted by atomic mass is 9.53. The summed E-state index contributed by atoms with van der Waals surface area (Å²) in [7, 11) is 2.15. The Morgan fingerprint density at radius 1 is 1.34 bits per heavy atom. The number of hydrogen-bond acceptors (Lipinski definition) is 5. The number of epoxide rings is 1. The maximum atomic E-state index is 12.8. The fourth-order valence-corrected chi connectivity index (χ4v) is 6.68. The van der Waals surface area contributed by atoms with Gasteiger partial charge in [-0.3, -0.25) is 4.79 Å². The normalized spacial score (nSPS) is 41.9. The Morgan fingerprint density at radius 3 is 2.90 bits per heavy atom. The van der Waals surface area contributed by atoms with Gasteiger partial charge in [0.05, 0.1) is 24.4 Å². The second-order valence-corrected chi connectivity index (χ2v) is 10.5. The van der Waals surface area contributed by atoms with E-state index >= 15 is 0 Å². The molecule has 0 amide bonds. The van der Waals surface area contributed by atoms with Gasteiger partial charge in [0.2, 0.25) is 0 Å². The number of furan rings is 1. The van der Waals surface area contributed by atoms with Gasteiger partial charge in [0.1, 0.15) is 11.9 Å². The predicted octanol–water partition coefficient (Wildman–Crippen LogP) is 4.06. The van der Waals surface area contributed by atoms with Crippen LogP contribution < -0.4 is 0 Å². The first-order chi connectivity index (χ1) is 13.9. The molecule has 4 aliphatic rings. The highest BCUT2D eigenvalue weighted by atomic mass is 16.6. The molecule has 0 aromatic carbocycles. The Bertz CT molecular complexity index is 742. The highest BCUT2D eigenvalue weighted by molar-refractivity contribution is 5.75. The summed E-state index contributed by atoms with van der Waals surface area (Å²) in [5.74, 6) is 1.99. The third-order valence-corrected chi connectivity index (χ3v) is 8.71. The van der Waals surface area contributed by atoms with Gasteiger partial charge >= 0.3 is 5.97 Å². The molecule has 1 aromatic rings. The number of nitrogens with zero attached hydrogens (tertiary/aromatic N) is 1. The number of ether oxygens (including phenoxy) is 2. The van der Waals surface area contributed by atoms with E-state index < -0.39 is 0 Å². The van der Waals surface area contributed by atoms with Crippen molar-refractivity contribution in [3.63, 3.8) is 0 Å². The van der Waals surface area contributed by atoms with E-state index in [1.807, 2.05) is 12.1 Å². The van der Waals surface area contributed by atoms with Gasteiger partial charge in [-0.1, -0.05) is 6.92 Å². The molecule has 160 valence electrons. The van der Waals surface area contributed by atoms with Crippen LogP contribution in [0.3, 0.4) is 0 Å². The molecule has 0 bridgehead atoms. The van der Waals surface area contributed by atoms with Crippen LogP contribution in [0.15, 0.2) is 22.8 Å². The monoisotopic (exact) mass is 401 g/mol. The third-order valence-electron chi connectivity index (χ3n) is 8.71. The summed E-state index contributed by atoms with van der Waals surface area (Å²) in [5, 5.41) is 0. The van der Waals surface area contributed by atoms with Gasteiger partial charge in [-0.05, 0) is 76.0 Å². The van der Waals surface area contributed by atoms with E-state index in [2.05, 4.69) is 25.8 Å². The van der Waals surface area contributed by atoms with Crippen molar-refractivity contribution in [2.75, 3.05) is 20.2 Å². The quantitative estimate of drug-likeness (QED) is 0.531. The van der Waals surface area contributed by atoms with Crippen molar-refractivity contribution >= 4 is 5.97 Å². The Hall–Kier alpha value is -1.33. The molecule has 1 spiro atoms. The molecule has 5 heteroatoms. The molecular weight excluding hydrogens is 366 g/mol. The summed E-state index contributed by atoms with van der Waals surface area (Å²) in [6.07, 6.45) is 9.60. The van der Waals surface area contributed by atoms with Gasteiger partial charge in [0, 0.05) is 24.9 Å². The van der Waals surface area contributed by atoms with Gasteiger partial charge in [-0.25, -0.2) is 0 Å². The Balaban J connectivity index is 1.24. The zero-order chi connectivity index (χ0) is 20.2. The summed E-state index contributed by atoms with van der Waals surface area (Å²) in [4.78, 5) is 15.2. The lowest BCUT2D eigenvalue weighted by molar-refractivity contribution is -0.147. The minimum Gasteiger partial charge on any atom is -0.469 e. The van der Waals surface area contributed by atoms with Gasteiger partial charge in [-0.15, -0.1) is 0 Å². The number of rotatable bonds is 6. The van der Waals surface area contributed by atoms with Crippen LogP contribution in [-0.2, 0) is 20.7 Å². The summed E-state index contributed by atoms with van der Waals surface area (Å²) in [5.41, 5.74) is 0.393. The predicted molar refractivity (Wildman–Crippen MR) is 109 cm³/mol. The van der Waals surface area contributed by atoms with Crippen molar-refractivity contribution in [3.8, 4) is 0 Å². The van der Waals surface area contributed by atoms with Crippen LogP contribution >= 0.6 is 0 Å². The Labute approximate surface area is 174 Å². The molecule has 0 unspecified atom stereocenters. The second kappa shape index (κ2) is 7.12. The summed E-state index contributed by atoms with van der Waals surface area (Å²) < 4.78 is 17.4. The highest BCUT2D eigenvalue weighted by Gasteiger charge is 2.65. The molecule has 2 saturated heterocycles. The summed E-state index contributed by atoms with van der Waals surface area (Å²) in [6, 6.07) is 4.37. The molecule has 29 heavy (non-hydrogen) atoms. The first-order valence-electron chi connectivity index (χ1n) is 11.5. The topological polar surface area (TPSA) is 55.2 Å². The van der Waals surface area contributed by atoms with Crippen LogP contribution in [0.4, 0.5) is 0 Å². The first kappa shape index (κ1) is 19.6. The molecule has 0 N–H and O–H groups in total. The number of aryl methyl sites for hydroxylation is 1. The molecule has 7 atom stereocenters. The average molecular weight is 402 g/mol. The summed E-state index contributed by atoms with van der Waals surface area (Å²) >= 11 is 0. The molecule has 2 aliphatic heterocycles. The smallest absolute Gasteiger partial charge is 0.310 e. The minimum atomic E-state index is -0.00154. The fourth-order valence-electron chi connectivity index (χ4n) is 6.68. The Morgan fingerprint density at radius 2 is 2.17 bits per heavy atom. The number of esters is 1. The van der Waals surface area contributed by atoms with Crippen molar-refractivity contribution in [2.45, 2.75) is 76.5 Å². The van der Waals surface area contributed by atoms with Crippen LogP contribution in [0, 0.1) is 23.2 Å². The van der Waals surface area contributed by atoms with Crippen LogP contribution in [0.2, 0.25) is 0 Å². The van der Waals surface area contributed by atoms with Crippen LogP contribution in [-0.4, -0.2) is 48.8 Å². The number of hydrogen-bond donors (Lipinski definition) is 0. The molecule has 2 aliphatic carbocycles. The van der Waals surface area contributed by atoms with Crippen LogP contribution in [0.1, 0.15) is 58.1 Å². The maximum absolute atomic E-state index is 12.8. The average Bonchev–Trinajstić information content (AvgIpc) is 3.13. The molecule has 1 aromatic heterocycles. The Kier molecular flexibility index (Phi) is 4.82. The highest BCUT2D eigenvalue weighted by Crippen LogP contribution is 2.62. The molecular formula is C24H35NO4. The maximum Gasteiger partial charge on any atom is 0.310 e. The first-order valence-corrected chi connectivity index (χ1v) is 11.5. The summed E-state index contributed by atoms with van der Waals surface area (Å²) in [6.45, 7) is 6.37. The van der Waals surface area contributed by atoms with Crippen molar-refractivity contribution in [2.24, 2.45) is 23.2 Å². The molecule has 5 nitrogen and oxygen atoms in total.